The molecule has 1 aromatic heterocycles. The number of nitrogens with one attached hydrogen (secondary N) is 1. The summed E-state index contributed by atoms with van der Waals surface area (Å²) >= 11 is 0. The molecule has 2 heterocycles. The number of piperidine rings is 1. The Labute approximate surface area is 114 Å². The minimum Gasteiger partial charge on any atom is -0.317 e. The summed E-state index contributed by atoms with van der Waals surface area (Å²) in [6.07, 6.45) is 5.67. The predicted molar refractivity (Wildman–Crippen MR) is 79.0 cm³/mol. The summed E-state index contributed by atoms with van der Waals surface area (Å²) in [6.45, 7) is 2.35. The zero-order valence-electron chi connectivity index (χ0n) is 11.2. The Kier molecular flexibility index (Phi) is 3.89. The number of benzene rings is 1. The standard InChI is InChI=1S/C17H20N2/c1-2-10-19-17(3-1)16-6-4-14(5-7-16)13-15-8-11-18-12-9-15/h1-7,10,15,18H,8-9,11-13H2. The average molecular weight is 252 g/mol. The lowest BCUT2D eigenvalue weighted by atomic mass is 9.90. The van der Waals surface area contributed by atoms with E-state index in [4.69, 9.17) is 0 Å². The van der Waals surface area contributed by atoms with Gasteiger partial charge in [-0.3, -0.25) is 4.98 Å². The molecule has 1 aromatic carbocycles. The maximum Gasteiger partial charge on any atom is 0.0701 e. The van der Waals surface area contributed by atoms with E-state index in [9.17, 15) is 0 Å². The molecule has 2 aromatic rings. The molecule has 2 heteroatoms. The molecule has 0 bridgehead atoms. The summed E-state index contributed by atoms with van der Waals surface area (Å²) in [6, 6.07) is 14.9. The summed E-state index contributed by atoms with van der Waals surface area (Å²) in [5, 5.41) is 3.42. The highest BCUT2D eigenvalue weighted by Gasteiger charge is 2.13. The molecular weight excluding hydrogens is 232 g/mol. The van der Waals surface area contributed by atoms with E-state index in [2.05, 4.69) is 40.6 Å². The van der Waals surface area contributed by atoms with Gasteiger partial charge in [0.2, 0.25) is 0 Å². The maximum atomic E-state index is 4.39. The molecule has 98 valence electrons. The Balaban J connectivity index is 1.68. The van der Waals surface area contributed by atoms with E-state index in [0.717, 1.165) is 11.6 Å². The molecule has 0 radical (unpaired) electrons. The molecule has 3 rings (SSSR count). The lowest BCUT2D eigenvalue weighted by Gasteiger charge is -2.22. The molecule has 0 spiro atoms. The maximum absolute atomic E-state index is 4.39. The lowest BCUT2D eigenvalue weighted by Crippen LogP contribution is -2.28. The first-order valence-corrected chi connectivity index (χ1v) is 7.13. The van der Waals surface area contributed by atoms with Gasteiger partial charge in [-0.15, -0.1) is 0 Å². The Bertz CT molecular complexity index is 499. The van der Waals surface area contributed by atoms with Crippen LogP contribution in [0, 0.1) is 5.92 Å². The fourth-order valence-electron chi connectivity index (χ4n) is 2.76. The zero-order chi connectivity index (χ0) is 12.9. The van der Waals surface area contributed by atoms with Crippen LogP contribution in [0.25, 0.3) is 11.3 Å². The van der Waals surface area contributed by atoms with Crippen molar-refractivity contribution in [2.45, 2.75) is 19.3 Å². The van der Waals surface area contributed by atoms with Crippen LogP contribution in [0.4, 0.5) is 0 Å². The highest BCUT2D eigenvalue weighted by molar-refractivity contribution is 5.58. The van der Waals surface area contributed by atoms with Crippen LogP contribution in [0.2, 0.25) is 0 Å². The topological polar surface area (TPSA) is 24.9 Å². The third-order valence-corrected chi connectivity index (χ3v) is 3.90. The van der Waals surface area contributed by atoms with Crippen molar-refractivity contribution in [3.63, 3.8) is 0 Å². The molecular formula is C17H20N2. The molecule has 2 nitrogen and oxygen atoms in total. The highest BCUT2D eigenvalue weighted by atomic mass is 14.9. The second-order valence-corrected chi connectivity index (χ2v) is 5.31. The zero-order valence-corrected chi connectivity index (χ0v) is 11.2. The molecule has 1 N–H and O–H groups in total. The first-order chi connectivity index (χ1) is 9.42. The smallest absolute Gasteiger partial charge is 0.0701 e. The Morgan fingerprint density at radius 2 is 1.79 bits per heavy atom. The summed E-state index contributed by atoms with van der Waals surface area (Å²) in [4.78, 5) is 4.39. The van der Waals surface area contributed by atoms with E-state index < -0.39 is 0 Å². The van der Waals surface area contributed by atoms with Gasteiger partial charge in [0, 0.05) is 11.8 Å². The second-order valence-electron chi connectivity index (χ2n) is 5.31. The first kappa shape index (κ1) is 12.4. The quantitative estimate of drug-likeness (QED) is 0.906. The second kappa shape index (κ2) is 5.98. The lowest BCUT2D eigenvalue weighted by molar-refractivity contribution is 0.372. The van der Waals surface area contributed by atoms with E-state index in [1.54, 1.807) is 0 Å². The van der Waals surface area contributed by atoms with Crippen LogP contribution in [-0.4, -0.2) is 18.1 Å². The highest BCUT2D eigenvalue weighted by Crippen LogP contribution is 2.21. The first-order valence-electron chi connectivity index (χ1n) is 7.13. The van der Waals surface area contributed by atoms with Gasteiger partial charge < -0.3 is 5.32 Å². The van der Waals surface area contributed by atoms with Crippen molar-refractivity contribution in [1.29, 1.82) is 0 Å². The van der Waals surface area contributed by atoms with Crippen LogP contribution in [0.5, 0.6) is 0 Å². The van der Waals surface area contributed by atoms with E-state index in [1.165, 1.54) is 43.5 Å². The molecule has 0 amide bonds. The largest absolute Gasteiger partial charge is 0.317 e. The van der Waals surface area contributed by atoms with Crippen molar-refractivity contribution in [2.75, 3.05) is 13.1 Å². The van der Waals surface area contributed by atoms with Crippen LogP contribution in [0.3, 0.4) is 0 Å². The van der Waals surface area contributed by atoms with Crippen molar-refractivity contribution < 1.29 is 0 Å². The van der Waals surface area contributed by atoms with E-state index >= 15 is 0 Å². The summed E-state index contributed by atoms with van der Waals surface area (Å²) in [7, 11) is 0. The van der Waals surface area contributed by atoms with Gasteiger partial charge in [0.25, 0.3) is 0 Å². The van der Waals surface area contributed by atoms with Crippen molar-refractivity contribution >= 4 is 0 Å². The molecule has 0 aliphatic carbocycles. The molecule has 1 aliphatic rings. The van der Waals surface area contributed by atoms with Gasteiger partial charge in [0.15, 0.2) is 0 Å². The van der Waals surface area contributed by atoms with Crippen LogP contribution in [0.15, 0.2) is 48.7 Å². The minimum absolute atomic E-state index is 0.849. The van der Waals surface area contributed by atoms with Gasteiger partial charge >= 0.3 is 0 Å². The molecule has 19 heavy (non-hydrogen) atoms. The van der Waals surface area contributed by atoms with E-state index in [0.29, 0.717) is 0 Å². The average Bonchev–Trinajstić information content (AvgIpc) is 2.50. The molecule has 0 atom stereocenters. The third kappa shape index (κ3) is 3.21. The summed E-state index contributed by atoms with van der Waals surface area (Å²) in [5.41, 5.74) is 3.71. The normalized spacial score (nSPS) is 16.4. The van der Waals surface area contributed by atoms with Gasteiger partial charge in [-0.1, -0.05) is 30.3 Å². The van der Waals surface area contributed by atoms with E-state index in [-0.39, 0.29) is 0 Å². The van der Waals surface area contributed by atoms with E-state index in [1.807, 2.05) is 18.3 Å². The number of aromatic nitrogens is 1. The Hall–Kier alpha value is -1.67. The van der Waals surface area contributed by atoms with Crippen LogP contribution >= 0.6 is 0 Å². The fourth-order valence-corrected chi connectivity index (χ4v) is 2.76. The van der Waals surface area contributed by atoms with Crippen LogP contribution < -0.4 is 5.32 Å². The number of hydrogen-bond donors (Lipinski definition) is 1. The third-order valence-electron chi connectivity index (χ3n) is 3.90. The van der Waals surface area contributed by atoms with Crippen molar-refractivity contribution in [3.05, 3.63) is 54.2 Å². The number of rotatable bonds is 3. The molecule has 0 saturated carbocycles. The fraction of sp³-hybridized carbons (Fsp3) is 0.353. The van der Waals surface area contributed by atoms with Crippen LogP contribution in [-0.2, 0) is 6.42 Å². The van der Waals surface area contributed by atoms with Gasteiger partial charge in [0.1, 0.15) is 0 Å². The predicted octanol–water partition coefficient (Wildman–Crippen LogP) is 3.29. The minimum atomic E-state index is 0.849. The number of pyridine rings is 1. The Morgan fingerprint density at radius 1 is 1.00 bits per heavy atom. The molecule has 1 fully saturated rings. The van der Waals surface area contributed by atoms with Crippen molar-refractivity contribution in [3.8, 4) is 11.3 Å². The van der Waals surface area contributed by atoms with Gasteiger partial charge in [-0.05, 0) is 56.0 Å². The van der Waals surface area contributed by atoms with Crippen LogP contribution in [0.1, 0.15) is 18.4 Å². The SMILES string of the molecule is c1ccc(-c2ccc(CC3CCNCC3)cc2)nc1. The monoisotopic (exact) mass is 252 g/mol. The summed E-state index contributed by atoms with van der Waals surface area (Å²) in [5.74, 6) is 0.849. The van der Waals surface area contributed by atoms with Gasteiger partial charge in [0.05, 0.1) is 5.69 Å². The number of hydrogen-bond acceptors (Lipinski definition) is 2. The number of nitrogens with zero attached hydrogens (tertiary/aromatic N) is 1. The Morgan fingerprint density at radius 3 is 2.47 bits per heavy atom. The molecule has 0 unspecified atom stereocenters. The van der Waals surface area contributed by atoms with Crippen molar-refractivity contribution in [1.82, 2.24) is 10.3 Å². The summed E-state index contributed by atoms with van der Waals surface area (Å²) < 4.78 is 0. The van der Waals surface area contributed by atoms with Gasteiger partial charge in [-0.2, -0.15) is 0 Å². The van der Waals surface area contributed by atoms with Gasteiger partial charge in [-0.25, -0.2) is 0 Å². The molecule has 1 saturated heterocycles. The molecule has 1 aliphatic heterocycles. The van der Waals surface area contributed by atoms with Crippen molar-refractivity contribution in [2.24, 2.45) is 5.92 Å².